The minimum Gasteiger partial charge on any atom is -0.397 e. The third kappa shape index (κ3) is 7.64. The van der Waals surface area contributed by atoms with Crippen molar-refractivity contribution in [1.29, 1.82) is 0 Å². The Morgan fingerprint density at radius 1 is 1.06 bits per heavy atom. The Labute approximate surface area is 286 Å². The van der Waals surface area contributed by atoms with E-state index < -0.39 is 6.04 Å². The second kappa shape index (κ2) is 14.7. The lowest BCUT2D eigenvalue weighted by atomic mass is 9.98. The Bertz CT molecular complexity index is 1510. The number of nitrogens with zero attached hydrogens (tertiary/aromatic N) is 5. The Morgan fingerprint density at radius 2 is 1.79 bits per heavy atom. The first-order valence-electron chi connectivity index (χ1n) is 16.7. The van der Waals surface area contributed by atoms with Crippen LogP contribution in [0.2, 0.25) is 5.02 Å². The molecule has 0 bridgehead atoms. The number of hydrogen-bond acceptors (Lipinski definition) is 7. The molecule has 4 aliphatic rings. The molecule has 0 aliphatic carbocycles. The zero-order valence-electron chi connectivity index (χ0n) is 27.0. The number of likely N-dealkylation sites (N-methyl/N-ethyl adjacent to an activating group) is 1. The quantitative estimate of drug-likeness (QED) is 0.316. The maximum absolute atomic E-state index is 14.1. The van der Waals surface area contributed by atoms with E-state index in [1.165, 1.54) is 11.3 Å². The van der Waals surface area contributed by atoms with Crippen LogP contribution in [0.25, 0.3) is 0 Å². The number of nitrogen functional groups attached to an aromatic ring is 1. The van der Waals surface area contributed by atoms with Crippen molar-refractivity contribution in [2.24, 2.45) is 0 Å². The van der Waals surface area contributed by atoms with Crippen molar-refractivity contribution in [3.8, 4) is 12.3 Å². The lowest BCUT2D eigenvalue weighted by Crippen LogP contribution is -2.57. The Kier molecular flexibility index (Phi) is 10.5. The first kappa shape index (κ1) is 33.4. The third-order valence-corrected chi connectivity index (χ3v) is 11.4. The van der Waals surface area contributed by atoms with Gasteiger partial charge in [-0.25, -0.2) is 9.59 Å². The van der Waals surface area contributed by atoms with Gasteiger partial charge in [-0.15, -0.1) is 17.8 Å². The molecule has 3 fully saturated rings. The molecule has 11 nitrogen and oxygen atoms in total. The van der Waals surface area contributed by atoms with E-state index in [0.717, 1.165) is 61.6 Å². The standard InChI is InChI=1S/C34H45ClN8O3S/c1-3-24-19-23(20-28(35)30(24)36)21-29(32(44)41-12-5-26(6-13-41)40-11-4-10-39(2)16-17-40)37-33(45)42-14-7-27(8-15-42)43-22-25-9-18-47-31(25)38-34(43)46/h1,9,18-20,26-27,29H,4-8,10-17,21-22,36H2,2H3,(H,37,45)(H,38,46)/t29-/m1/s1. The van der Waals surface area contributed by atoms with Gasteiger partial charge in [0.1, 0.15) is 11.0 Å². The molecular weight excluding hydrogens is 636 g/mol. The van der Waals surface area contributed by atoms with E-state index in [1.54, 1.807) is 17.0 Å². The van der Waals surface area contributed by atoms with Crippen molar-refractivity contribution in [1.82, 2.24) is 29.8 Å². The molecule has 47 heavy (non-hydrogen) atoms. The summed E-state index contributed by atoms with van der Waals surface area (Å²) in [6.45, 7) is 7.18. The Morgan fingerprint density at radius 3 is 2.53 bits per heavy atom. The number of likely N-dealkylation sites (tertiary alicyclic amines) is 2. The van der Waals surface area contributed by atoms with Gasteiger partial charge in [0.15, 0.2) is 0 Å². The summed E-state index contributed by atoms with van der Waals surface area (Å²) in [4.78, 5) is 51.1. The average Bonchev–Trinajstić information content (AvgIpc) is 3.42. The number of nitrogens with one attached hydrogen (secondary N) is 2. The third-order valence-electron chi connectivity index (χ3n) is 10.2. The molecule has 252 valence electrons. The molecule has 0 spiro atoms. The molecule has 0 radical (unpaired) electrons. The molecule has 2 aromatic rings. The molecule has 0 saturated carbocycles. The van der Waals surface area contributed by atoms with Crippen LogP contribution in [0, 0.1) is 12.3 Å². The zero-order chi connectivity index (χ0) is 33.1. The number of urea groups is 2. The summed E-state index contributed by atoms with van der Waals surface area (Å²) in [6.07, 6.45) is 10.2. The number of rotatable bonds is 6. The van der Waals surface area contributed by atoms with Crippen LogP contribution in [0.3, 0.4) is 0 Å². The van der Waals surface area contributed by atoms with Crippen LogP contribution in [0.15, 0.2) is 23.6 Å². The number of piperidine rings is 2. The molecular formula is C34H45ClN8O3S. The van der Waals surface area contributed by atoms with Gasteiger partial charge in [-0.1, -0.05) is 17.5 Å². The van der Waals surface area contributed by atoms with Gasteiger partial charge < -0.3 is 30.7 Å². The Hall–Kier alpha value is -3.50. The van der Waals surface area contributed by atoms with Gasteiger partial charge in [-0.2, -0.15) is 0 Å². The monoisotopic (exact) mass is 680 g/mol. The van der Waals surface area contributed by atoms with Crippen LogP contribution < -0.4 is 16.4 Å². The van der Waals surface area contributed by atoms with Crippen molar-refractivity contribution in [3.05, 3.63) is 45.3 Å². The van der Waals surface area contributed by atoms with Crippen molar-refractivity contribution in [3.63, 3.8) is 0 Å². The fraction of sp³-hybridized carbons (Fsp3) is 0.559. The molecule has 1 aromatic heterocycles. The van der Waals surface area contributed by atoms with Crippen LogP contribution in [-0.2, 0) is 17.8 Å². The highest BCUT2D eigenvalue weighted by molar-refractivity contribution is 7.14. The van der Waals surface area contributed by atoms with E-state index in [1.807, 2.05) is 21.2 Å². The van der Waals surface area contributed by atoms with Gasteiger partial charge in [0.05, 0.1) is 17.3 Å². The number of halogens is 1. The molecule has 1 aromatic carbocycles. The number of hydrogen-bond donors (Lipinski definition) is 3. The molecule has 13 heteroatoms. The summed E-state index contributed by atoms with van der Waals surface area (Å²) in [5.74, 6) is 2.47. The first-order valence-corrected chi connectivity index (χ1v) is 17.9. The van der Waals surface area contributed by atoms with Crippen LogP contribution in [0.5, 0.6) is 0 Å². The highest BCUT2D eigenvalue weighted by atomic mass is 35.5. The summed E-state index contributed by atoms with van der Waals surface area (Å²) >= 11 is 7.94. The first-order chi connectivity index (χ1) is 22.7. The van der Waals surface area contributed by atoms with Crippen molar-refractivity contribution in [2.75, 3.05) is 70.5 Å². The molecule has 1 atom stereocenters. The van der Waals surface area contributed by atoms with Crippen molar-refractivity contribution in [2.45, 2.75) is 63.2 Å². The fourth-order valence-corrected chi connectivity index (χ4v) is 8.40. The van der Waals surface area contributed by atoms with E-state index in [9.17, 15) is 14.4 Å². The topological polar surface area (TPSA) is 117 Å². The maximum Gasteiger partial charge on any atom is 0.323 e. The second-order valence-corrected chi connectivity index (χ2v) is 14.5. The summed E-state index contributed by atoms with van der Waals surface area (Å²) < 4.78 is 0. The minimum atomic E-state index is -0.793. The predicted octanol–water partition coefficient (Wildman–Crippen LogP) is 3.73. The van der Waals surface area contributed by atoms with E-state index in [4.69, 9.17) is 23.8 Å². The van der Waals surface area contributed by atoms with Gasteiger partial charge in [0, 0.05) is 68.9 Å². The number of benzene rings is 1. The molecule has 6 rings (SSSR count). The highest BCUT2D eigenvalue weighted by Crippen LogP contribution is 2.32. The lowest BCUT2D eigenvalue weighted by molar-refractivity contribution is -0.134. The van der Waals surface area contributed by atoms with Crippen LogP contribution in [-0.4, -0.2) is 120 Å². The molecule has 5 amide bonds. The number of fused-ring (bicyclic) bond motifs is 1. The number of nitrogens with two attached hydrogens (primary N) is 1. The number of anilines is 2. The number of thiophene rings is 1. The molecule has 0 unspecified atom stereocenters. The van der Waals surface area contributed by atoms with Gasteiger partial charge in [-0.3, -0.25) is 15.0 Å². The van der Waals surface area contributed by atoms with Crippen LogP contribution >= 0.6 is 22.9 Å². The average molecular weight is 681 g/mol. The lowest BCUT2D eigenvalue weighted by Gasteiger charge is -2.41. The number of terminal acetylenes is 1. The molecule has 4 N–H and O–H groups in total. The smallest absolute Gasteiger partial charge is 0.323 e. The maximum atomic E-state index is 14.1. The van der Waals surface area contributed by atoms with E-state index in [0.29, 0.717) is 67.9 Å². The van der Waals surface area contributed by atoms with Crippen LogP contribution in [0.1, 0.15) is 48.8 Å². The van der Waals surface area contributed by atoms with Crippen molar-refractivity contribution >= 4 is 51.6 Å². The normalized spacial score (nSPS) is 21.0. The Balaban J connectivity index is 1.10. The van der Waals surface area contributed by atoms with Crippen molar-refractivity contribution < 1.29 is 14.4 Å². The van der Waals surface area contributed by atoms with Gasteiger partial charge in [-0.05, 0) is 81.4 Å². The van der Waals surface area contributed by atoms with Crippen LogP contribution in [0.4, 0.5) is 20.3 Å². The number of amides is 5. The van der Waals surface area contributed by atoms with Gasteiger partial charge in [0.25, 0.3) is 0 Å². The van der Waals surface area contributed by atoms with E-state index in [-0.39, 0.29) is 30.4 Å². The highest BCUT2D eigenvalue weighted by Gasteiger charge is 2.36. The zero-order valence-corrected chi connectivity index (χ0v) is 28.6. The summed E-state index contributed by atoms with van der Waals surface area (Å²) in [6, 6.07) is 4.87. The molecule has 5 heterocycles. The summed E-state index contributed by atoms with van der Waals surface area (Å²) in [7, 11) is 2.18. The molecule has 3 saturated heterocycles. The van der Waals surface area contributed by atoms with E-state index in [2.05, 4.69) is 33.4 Å². The SMILES string of the molecule is C#Cc1cc(C[C@@H](NC(=O)N2CCC(N3Cc4ccsc4NC3=O)CC2)C(=O)N2CCC(N3CCCN(C)CC3)CC2)cc(Cl)c1N. The summed E-state index contributed by atoms with van der Waals surface area (Å²) in [5.41, 5.74) is 8.72. The van der Waals surface area contributed by atoms with E-state index >= 15 is 0 Å². The predicted molar refractivity (Wildman–Crippen MR) is 187 cm³/mol. The number of carbonyl (C=O) groups excluding carboxylic acids is 3. The summed E-state index contributed by atoms with van der Waals surface area (Å²) in [5, 5.41) is 9.29. The number of carbonyl (C=O) groups is 3. The molecule has 4 aliphatic heterocycles. The second-order valence-electron chi connectivity index (χ2n) is 13.2. The van der Waals surface area contributed by atoms with Gasteiger partial charge >= 0.3 is 12.1 Å². The fourth-order valence-electron chi connectivity index (χ4n) is 7.36. The minimum absolute atomic E-state index is 0.0366. The largest absolute Gasteiger partial charge is 0.397 e. The van der Waals surface area contributed by atoms with Gasteiger partial charge in [0.2, 0.25) is 5.91 Å².